The average molecular weight is 568 g/mol. The molecule has 1 N–H and O–H groups in total. The molecular weight excluding hydrogens is 534 g/mol. The van der Waals surface area contributed by atoms with E-state index in [1.165, 1.54) is 11.1 Å². The lowest BCUT2D eigenvalue weighted by Gasteiger charge is -2.40. The molecule has 2 aromatic heterocycles. The number of pyridine rings is 1. The third-order valence-corrected chi connectivity index (χ3v) is 8.30. The summed E-state index contributed by atoms with van der Waals surface area (Å²) in [4.78, 5) is 21.6. The Morgan fingerprint density at radius 2 is 1.71 bits per heavy atom. The maximum Gasteiger partial charge on any atom is 0.253 e. The van der Waals surface area contributed by atoms with Crippen LogP contribution in [-0.2, 0) is 13.0 Å². The van der Waals surface area contributed by atoms with Gasteiger partial charge in [0, 0.05) is 49.0 Å². The molecule has 6 rings (SSSR count). The van der Waals surface area contributed by atoms with Gasteiger partial charge in [-0.05, 0) is 84.0 Å². The van der Waals surface area contributed by atoms with E-state index in [9.17, 15) is 4.79 Å². The van der Waals surface area contributed by atoms with Crippen LogP contribution in [0, 0.1) is 20.8 Å². The van der Waals surface area contributed by atoms with Crippen LogP contribution < -0.4 is 10.5 Å². The summed E-state index contributed by atoms with van der Waals surface area (Å²) in [5, 5.41) is 14.7. The highest BCUT2D eigenvalue weighted by molar-refractivity contribution is 6.30. The molecule has 8 nitrogen and oxygen atoms in total. The first-order valence-corrected chi connectivity index (χ1v) is 14.4. The number of nitrogens with zero attached hydrogens (tertiary/aromatic N) is 6. The summed E-state index contributed by atoms with van der Waals surface area (Å²) in [7, 11) is 0. The van der Waals surface area contributed by atoms with Crippen LogP contribution in [0.3, 0.4) is 0 Å². The minimum Gasteiger partial charge on any atom is -0.369 e. The van der Waals surface area contributed by atoms with E-state index in [1.807, 2.05) is 48.0 Å². The number of halogens is 1. The van der Waals surface area contributed by atoms with Gasteiger partial charge >= 0.3 is 0 Å². The molecular formula is C32H34ClN7O. The first-order valence-electron chi connectivity index (χ1n) is 14.1. The van der Waals surface area contributed by atoms with Gasteiger partial charge in [0.25, 0.3) is 5.56 Å². The number of benzene rings is 3. The number of fused-ring (bicyclic) bond motifs is 1. The number of rotatable bonds is 7. The zero-order valence-corrected chi connectivity index (χ0v) is 24.4. The normalized spacial score (nSPS) is 15.0. The highest BCUT2D eigenvalue weighted by Gasteiger charge is 2.33. The number of aromatic amines is 1. The molecule has 0 aliphatic carbocycles. The maximum atomic E-state index is 13.7. The second kappa shape index (κ2) is 11.5. The van der Waals surface area contributed by atoms with Crippen molar-refractivity contribution < 1.29 is 0 Å². The minimum absolute atomic E-state index is 0.111. The van der Waals surface area contributed by atoms with Gasteiger partial charge in [0.05, 0.1) is 5.52 Å². The molecule has 1 atom stereocenters. The van der Waals surface area contributed by atoms with Crippen molar-refractivity contribution in [1.29, 1.82) is 0 Å². The Morgan fingerprint density at radius 1 is 0.927 bits per heavy atom. The fourth-order valence-electron chi connectivity index (χ4n) is 6.00. The van der Waals surface area contributed by atoms with Crippen molar-refractivity contribution in [2.45, 2.75) is 39.8 Å². The number of hydrogen-bond acceptors (Lipinski definition) is 6. The Balaban J connectivity index is 1.37. The van der Waals surface area contributed by atoms with E-state index >= 15 is 0 Å². The van der Waals surface area contributed by atoms with E-state index in [-0.39, 0.29) is 5.56 Å². The summed E-state index contributed by atoms with van der Waals surface area (Å²) in [6.07, 6.45) is 0.792. The first-order chi connectivity index (χ1) is 19.9. The van der Waals surface area contributed by atoms with Crippen LogP contribution in [0.4, 0.5) is 5.69 Å². The molecule has 3 aromatic carbocycles. The molecule has 0 bridgehead atoms. The van der Waals surface area contributed by atoms with Crippen LogP contribution in [0.25, 0.3) is 10.9 Å². The molecule has 0 spiro atoms. The van der Waals surface area contributed by atoms with Gasteiger partial charge < -0.3 is 9.88 Å². The van der Waals surface area contributed by atoms with Gasteiger partial charge in [0.2, 0.25) is 0 Å². The largest absolute Gasteiger partial charge is 0.369 e. The summed E-state index contributed by atoms with van der Waals surface area (Å²) in [6, 6.07) is 22.2. The topological polar surface area (TPSA) is 82.9 Å². The van der Waals surface area contributed by atoms with E-state index < -0.39 is 6.04 Å². The molecule has 9 heteroatoms. The standard InChI is InChI=1S/C32H34ClN7O/c1-21-17-23(3)29-25(18-21)19-27(32(41)34-29)30(31-35-36-37-40(31)12-11-24-7-5-4-6-8-24)39-15-13-38(14-16-39)28-20-26(33)10-9-22(28)2/h4-10,17-20,30H,11-16H2,1-3H3,(H,34,41)/t30-/m0/s1. The summed E-state index contributed by atoms with van der Waals surface area (Å²) in [5.74, 6) is 0.683. The van der Waals surface area contributed by atoms with Gasteiger partial charge in [-0.1, -0.05) is 59.6 Å². The predicted molar refractivity (Wildman–Crippen MR) is 164 cm³/mol. The quantitative estimate of drug-likeness (QED) is 0.289. The van der Waals surface area contributed by atoms with E-state index in [2.05, 4.69) is 74.5 Å². The van der Waals surface area contributed by atoms with Crippen LogP contribution in [0.1, 0.15) is 39.7 Å². The van der Waals surface area contributed by atoms with Crippen LogP contribution >= 0.6 is 11.6 Å². The number of tetrazole rings is 1. The number of anilines is 1. The molecule has 3 heterocycles. The molecule has 1 fully saturated rings. The fraction of sp³-hybridized carbons (Fsp3) is 0.312. The molecule has 41 heavy (non-hydrogen) atoms. The predicted octanol–water partition coefficient (Wildman–Crippen LogP) is 5.25. The third kappa shape index (κ3) is 5.62. The second-order valence-electron chi connectivity index (χ2n) is 11.0. The van der Waals surface area contributed by atoms with Crippen molar-refractivity contribution in [1.82, 2.24) is 30.1 Å². The average Bonchev–Trinajstić information content (AvgIpc) is 3.43. The second-order valence-corrected chi connectivity index (χ2v) is 11.4. The summed E-state index contributed by atoms with van der Waals surface area (Å²) in [5.41, 5.74) is 7.18. The fourth-order valence-corrected chi connectivity index (χ4v) is 6.16. The molecule has 210 valence electrons. The number of H-pyrrole nitrogens is 1. The summed E-state index contributed by atoms with van der Waals surface area (Å²) >= 11 is 6.34. The number of aryl methyl sites for hydroxylation is 5. The van der Waals surface area contributed by atoms with Gasteiger partial charge in [0.15, 0.2) is 5.82 Å². The lowest BCUT2D eigenvalue weighted by Crippen LogP contribution is -2.49. The van der Waals surface area contributed by atoms with Crippen molar-refractivity contribution in [3.8, 4) is 0 Å². The van der Waals surface area contributed by atoms with Gasteiger partial charge in [0.1, 0.15) is 6.04 Å². The van der Waals surface area contributed by atoms with Gasteiger partial charge in [-0.15, -0.1) is 5.10 Å². The highest BCUT2D eigenvalue weighted by atomic mass is 35.5. The number of hydrogen-bond donors (Lipinski definition) is 1. The Morgan fingerprint density at radius 3 is 2.49 bits per heavy atom. The first kappa shape index (κ1) is 27.2. The molecule has 0 unspecified atom stereocenters. The Hall–Kier alpha value is -4.01. The Bertz CT molecular complexity index is 1740. The van der Waals surface area contributed by atoms with Gasteiger partial charge in [-0.2, -0.15) is 0 Å². The molecule has 1 saturated heterocycles. The molecule has 1 aliphatic rings. The van der Waals surface area contributed by atoms with Crippen LogP contribution in [0.15, 0.2) is 71.5 Å². The van der Waals surface area contributed by atoms with E-state index in [0.29, 0.717) is 17.9 Å². The van der Waals surface area contributed by atoms with Crippen molar-refractivity contribution in [3.63, 3.8) is 0 Å². The highest BCUT2D eigenvalue weighted by Crippen LogP contribution is 2.31. The smallest absolute Gasteiger partial charge is 0.253 e. The van der Waals surface area contributed by atoms with Gasteiger partial charge in [-0.25, -0.2) is 4.68 Å². The van der Waals surface area contributed by atoms with Crippen molar-refractivity contribution in [2.24, 2.45) is 0 Å². The Labute approximate surface area is 244 Å². The van der Waals surface area contributed by atoms with Crippen molar-refractivity contribution >= 4 is 28.2 Å². The summed E-state index contributed by atoms with van der Waals surface area (Å²) < 4.78 is 1.86. The zero-order chi connectivity index (χ0) is 28.5. The van der Waals surface area contributed by atoms with Crippen LogP contribution in [0.2, 0.25) is 5.02 Å². The number of aromatic nitrogens is 5. The molecule has 1 aliphatic heterocycles. The van der Waals surface area contributed by atoms with Crippen LogP contribution in [-0.4, -0.2) is 56.3 Å². The Kier molecular flexibility index (Phi) is 7.60. The van der Waals surface area contributed by atoms with Crippen molar-refractivity contribution in [3.05, 3.63) is 116 Å². The molecule has 0 saturated carbocycles. The lowest BCUT2D eigenvalue weighted by molar-refractivity contribution is 0.199. The monoisotopic (exact) mass is 567 g/mol. The zero-order valence-electron chi connectivity index (χ0n) is 23.6. The van der Waals surface area contributed by atoms with Crippen LogP contribution in [0.5, 0.6) is 0 Å². The lowest BCUT2D eigenvalue weighted by atomic mass is 10.00. The maximum absolute atomic E-state index is 13.7. The van der Waals surface area contributed by atoms with E-state index in [0.717, 1.165) is 65.3 Å². The molecule has 0 amide bonds. The molecule has 5 aromatic rings. The number of piperazine rings is 1. The third-order valence-electron chi connectivity index (χ3n) is 8.07. The van der Waals surface area contributed by atoms with Crippen molar-refractivity contribution in [2.75, 3.05) is 31.1 Å². The summed E-state index contributed by atoms with van der Waals surface area (Å²) in [6.45, 7) is 9.92. The minimum atomic E-state index is -0.391. The van der Waals surface area contributed by atoms with Gasteiger partial charge in [-0.3, -0.25) is 9.69 Å². The number of nitrogens with one attached hydrogen (secondary N) is 1. The van der Waals surface area contributed by atoms with E-state index in [1.54, 1.807) is 0 Å². The van der Waals surface area contributed by atoms with E-state index in [4.69, 9.17) is 11.6 Å². The SMILES string of the molecule is Cc1cc(C)c2[nH]c(=O)c([C@@H](c3nnnn3CCc3ccccc3)N3CCN(c4cc(Cl)ccc4C)CC3)cc2c1. The molecule has 0 radical (unpaired) electrons.